The van der Waals surface area contributed by atoms with E-state index in [-0.39, 0.29) is 24.9 Å². The summed E-state index contributed by atoms with van der Waals surface area (Å²) in [5.41, 5.74) is 2.02. The number of aryl methyl sites for hydroxylation is 1. The molecule has 0 N–H and O–H groups in total. The van der Waals surface area contributed by atoms with Gasteiger partial charge in [-0.25, -0.2) is 0 Å². The minimum Gasteiger partial charge on any atom is -0.494 e. The Balaban J connectivity index is 2.21. The first-order valence-electron chi connectivity index (χ1n) is 8.19. The molecule has 0 fully saturated rings. The van der Waals surface area contributed by atoms with E-state index in [1.807, 2.05) is 45.0 Å². The van der Waals surface area contributed by atoms with Crippen LogP contribution in [-0.4, -0.2) is 43.1 Å². The number of hydrogen-bond donors (Lipinski definition) is 0. The van der Waals surface area contributed by atoms with E-state index in [4.69, 9.17) is 9.47 Å². The summed E-state index contributed by atoms with van der Waals surface area (Å²) in [5, 5.41) is 0. The summed E-state index contributed by atoms with van der Waals surface area (Å²) < 4.78 is 10.6. The number of carbonyl (C=O) groups excluding carboxylic acids is 2. The van der Waals surface area contributed by atoms with Crippen molar-refractivity contribution in [3.8, 4) is 5.75 Å². The Kier molecular flexibility index (Phi) is 8.61. The third-order valence-electron chi connectivity index (χ3n) is 3.34. The second-order valence-corrected chi connectivity index (χ2v) is 5.79. The summed E-state index contributed by atoms with van der Waals surface area (Å²) in [6.07, 6.45) is 0.774. The highest BCUT2D eigenvalue weighted by Crippen LogP contribution is 2.12. The van der Waals surface area contributed by atoms with Crippen LogP contribution in [0.1, 0.15) is 32.3 Å². The summed E-state index contributed by atoms with van der Waals surface area (Å²) in [7, 11) is 0. The molecule has 5 nitrogen and oxygen atoms in total. The fourth-order valence-corrected chi connectivity index (χ4v) is 2.12. The van der Waals surface area contributed by atoms with Gasteiger partial charge >= 0.3 is 5.97 Å². The Morgan fingerprint density at radius 1 is 1.29 bits per heavy atom. The van der Waals surface area contributed by atoms with E-state index in [1.165, 1.54) is 0 Å². The van der Waals surface area contributed by atoms with Gasteiger partial charge in [0.25, 0.3) is 5.91 Å². The lowest BCUT2D eigenvalue weighted by atomic mass is 10.2. The standard InChI is InChI=1S/C19H27NO4/c1-5-20(13-15(2)3)18(21)14-24-19(22)10-7-11-23-17-9-6-8-16(4)12-17/h6,8-9,12H,2,5,7,10-11,13-14H2,1,3-4H3. The number of ether oxygens (including phenoxy) is 2. The van der Waals surface area contributed by atoms with Crippen LogP contribution in [0.15, 0.2) is 36.4 Å². The van der Waals surface area contributed by atoms with Gasteiger partial charge < -0.3 is 14.4 Å². The quantitative estimate of drug-likeness (QED) is 0.375. The van der Waals surface area contributed by atoms with Crippen molar-refractivity contribution in [1.29, 1.82) is 0 Å². The molecule has 1 rings (SSSR count). The predicted molar refractivity (Wildman–Crippen MR) is 93.9 cm³/mol. The third kappa shape index (κ3) is 7.81. The number of rotatable bonds is 10. The molecule has 0 unspecified atom stereocenters. The molecule has 0 atom stereocenters. The van der Waals surface area contributed by atoms with Crippen molar-refractivity contribution in [2.45, 2.75) is 33.6 Å². The van der Waals surface area contributed by atoms with Gasteiger partial charge in [0.15, 0.2) is 6.61 Å². The first-order valence-corrected chi connectivity index (χ1v) is 8.19. The van der Waals surface area contributed by atoms with E-state index in [0.29, 0.717) is 26.1 Å². The Morgan fingerprint density at radius 2 is 2.04 bits per heavy atom. The monoisotopic (exact) mass is 333 g/mol. The molecule has 1 aromatic rings. The van der Waals surface area contributed by atoms with Gasteiger partial charge in [0, 0.05) is 19.5 Å². The highest BCUT2D eigenvalue weighted by molar-refractivity contribution is 5.80. The summed E-state index contributed by atoms with van der Waals surface area (Å²) in [5.74, 6) is 0.198. The van der Waals surface area contributed by atoms with E-state index in [9.17, 15) is 9.59 Å². The second kappa shape index (κ2) is 10.5. The van der Waals surface area contributed by atoms with Gasteiger partial charge in [-0.3, -0.25) is 9.59 Å². The van der Waals surface area contributed by atoms with Crippen molar-refractivity contribution in [2.24, 2.45) is 0 Å². The van der Waals surface area contributed by atoms with E-state index in [2.05, 4.69) is 6.58 Å². The molecule has 0 saturated heterocycles. The normalized spacial score (nSPS) is 10.1. The number of benzene rings is 1. The second-order valence-electron chi connectivity index (χ2n) is 5.79. The van der Waals surface area contributed by atoms with Crippen LogP contribution in [0.5, 0.6) is 5.75 Å². The van der Waals surface area contributed by atoms with Crippen LogP contribution in [0.4, 0.5) is 0 Å². The molecule has 0 heterocycles. The largest absolute Gasteiger partial charge is 0.494 e. The van der Waals surface area contributed by atoms with Gasteiger partial charge in [0.05, 0.1) is 6.61 Å². The van der Waals surface area contributed by atoms with E-state index >= 15 is 0 Å². The van der Waals surface area contributed by atoms with Crippen LogP contribution in [0.25, 0.3) is 0 Å². The fraction of sp³-hybridized carbons (Fsp3) is 0.474. The molecule has 1 amide bonds. The van der Waals surface area contributed by atoms with Crippen molar-refractivity contribution < 1.29 is 19.1 Å². The predicted octanol–water partition coefficient (Wildman–Crippen LogP) is 3.12. The zero-order chi connectivity index (χ0) is 17.9. The summed E-state index contributed by atoms with van der Waals surface area (Å²) >= 11 is 0. The molecule has 24 heavy (non-hydrogen) atoms. The number of esters is 1. The number of carbonyl (C=O) groups is 2. The number of amides is 1. The molecule has 1 aromatic carbocycles. The maximum atomic E-state index is 11.9. The lowest BCUT2D eigenvalue weighted by molar-refractivity contribution is -0.152. The third-order valence-corrected chi connectivity index (χ3v) is 3.34. The minimum atomic E-state index is -0.387. The molecule has 132 valence electrons. The number of hydrogen-bond acceptors (Lipinski definition) is 4. The van der Waals surface area contributed by atoms with Crippen LogP contribution in [-0.2, 0) is 14.3 Å². The highest BCUT2D eigenvalue weighted by atomic mass is 16.5. The zero-order valence-corrected chi connectivity index (χ0v) is 14.8. The fourth-order valence-electron chi connectivity index (χ4n) is 2.12. The molecule has 0 spiro atoms. The van der Waals surface area contributed by atoms with E-state index < -0.39 is 0 Å². The first kappa shape index (κ1) is 19.7. The van der Waals surface area contributed by atoms with Crippen molar-refractivity contribution in [2.75, 3.05) is 26.3 Å². The van der Waals surface area contributed by atoms with Gasteiger partial charge in [-0.1, -0.05) is 24.3 Å². The maximum Gasteiger partial charge on any atom is 0.306 e. The van der Waals surface area contributed by atoms with Gasteiger partial charge in [-0.05, 0) is 44.9 Å². The average Bonchev–Trinajstić information content (AvgIpc) is 2.54. The van der Waals surface area contributed by atoms with Crippen LogP contribution in [0.2, 0.25) is 0 Å². The Hall–Kier alpha value is -2.30. The van der Waals surface area contributed by atoms with Crippen LogP contribution in [0.3, 0.4) is 0 Å². The highest BCUT2D eigenvalue weighted by Gasteiger charge is 2.14. The van der Waals surface area contributed by atoms with Crippen LogP contribution < -0.4 is 4.74 Å². The Morgan fingerprint density at radius 3 is 2.67 bits per heavy atom. The molecule has 5 heteroatoms. The molecular formula is C19H27NO4. The zero-order valence-electron chi connectivity index (χ0n) is 14.8. The van der Waals surface area contributed by atoms with Crippen molar-refractivity contribution >= 4 is 11.9 Å². The van der Waals surface area contributed by atoms with Crippen LogP contribution >= 0.6 is 0 Å². The summed E-state index contributed by atoms with van der Waals surface area (Å²) in [6, 6.07) is 7.74. The molecule has 0 radical (unpaired) electrons. The lowest BCUT2D eigenvalue weighted by Crippen LogP contribution is -2.35. The maximum absolute atomic E-state index is 11.9. The van der Waals surface area contributed by atoms with Gasteiger partial charge in [0.2, 0.25) is 0 Å². The first-order chi connectivity index (χ1) is 11.4. The lowest BCUT2D eigenvalue weighted by Gasteiger charge is -2.20. The van der Waals surface area contributed by atoms with Crippen molar-refractivity contribution in [3.63, 3.8) is 0 Å². The molecule has 0 aliphatic carbocycles. The van der Waals surface area contributed by atoms with Gasteiger partial charge in [0.1, 0.15) is 5.75 Å². The van der Waals surface area contributed by atoms with Gasteiger partial charge in [-0.2, -0.15) is 0 Å². The summed E-state index contributed by atoms with van der Waals surface area (Å²) in [6.45, 7) is 10.8. The SMILES string of the molecule is C=C(C)CN(CC)C(=O)COC(=O)CCCOc1cccc(C)c1. The Bertz CT molecular complexity index is 568. The molecular weight excluding hydrogens is 306 g/mol. The smallest absolute Gasteiger partial charge is 0.306 e. The van der Waals surface area contributed by atoms with Crippen molar-refractivity contribution in [3.05, 3.63) is 42.0 Å². The average molecular weight is 333 g/mol. The molecule has 0 saturated carbocycles. The van der Waals surface area contributed by atoms with Crippen molar-refractivity contribution in [1.82, 2.24) is 4.90 Å². The van der Waals surface area contributed by atoms with E-state index in [1.54, 1.807) is 4.90 Å². The van der Waals surface area contributed by atoms with E-state index in [0.717, 1.165) is 16.9 Å². The number of likely N-dealkylation sites (N-methyl/N-ethyl adjacent to an activating group) is 1. The Labute approximate surface area is 144 Å². The molecule has 0 aliphatic heterocycles. The topological polar surface area (TPSA) is 55.8 Å². The molecule has 0 aromatic heterocycles. The minimum absolute atomic E-state index is 0.204. The molecule has 0 aliphatic rings. The summed E-state index contributed by atoms with van der Waals surface area (Å²) in [4.78, 5) is 25.2. The van der Waals surface area contributed by atoms with Gasteiger partial charge in [-0.15, -0.1) is 0 Å². The number of nitrogens with zero attached hydrogens (tertiary/aromatic N) is 1. The van der Waals surface area contributed by atoms with Crippen LogP contribution in [0, 0.1) is 6.92 Å². The molecule has 0 bridgehead atoms.